The van der Waals surface area contributed by atoms with Gasteiger partial charge in [0.25, 0.3) is 0 Å². The summed E-state index contributed by atoms with van der Waals surface area (Å²) in [7, 11) is 0. The Morgan fingerprint density at radius 3 is 2.19 bits per heavy atom. The van der Waals surface area contributed by atoms with E-state index in [2.05, 4.69) is 20.8 Å². The number of benzene rings is 1. The second-order valence-electron chi connectivity index (χ2n) is 6.61. The molecular weight excluding hydrogens is 263 g/mol. The Kier molecular flexibility index (Phi) is 8.26. The van der Waals surface area contributed by atoms with Crippen molar-refractivity contribution >= 4 is 5.78 Å². The predicted octanol–water partition coefficient (Wildman–Crippen LogP) is 6.03. The van der Waals surface area contributed by atoms with Crippen LogP contribution in [0.2, 0.25) is 0 Å². The van der Waals surface area contributed by atoms with E-state index < -0.39 is 0 Å². The summed E-state index contributed by atoms with van der Waals surface area (Å²) in [4.78, 5) is 11.9. The topological polar surface area (TPSA) is 17.1 Å². The van der Waals surface area contributed by atoms with Gasteiger partial charge < -0.3 is 0 Å². The normalized spacial score (nSPS) is 12.6. The van der Waals surface area contributed by atoms with Gasteiger partial charge >= 0.3 is 0 Å². The Morgan fingerprint density at radius 2 is 1.57 bits per heavy atom. The molecule has 0 saturated heterocycles. The lowest BCUT2D eigenvalue weighted by atomic mass is 9.94. The molecule has 0 amide bonds. The van der Waals surface area contributed by atoms with E-state index in [1.165, 1.54) is 37.8 Å². The quantitative estimate of drug-likeness (QED) is 0.380. The van der Waals surface area contributed by atoms with Gasteiger partial charge in [0.1, 0.15) is 5.82 Å². The summed E-state index contributed by atoms with van der Waals surface area (Å²) in [6.45, 7) is 6.85. The Hall–Kier alpha value is -1.18. The summed E-state index contributed by atoms with van der Waals surface area (Å²) in [5.41, 5.74) is 0.626. The highest BCUT2D eigenvalue weighted by Gasteiger charge is 2.07. The summed E-state index contributed by atoms with van der Waals surface area (Å²) in [5, 5.41) is 0. The zero-order valence-electron chi connectivity index (χ0n) is 13.7. The first-order valence-corrected chi connectivity index (χ1v) is 8.27. The molecule has 0 heterocycles. The fourth-order valence-corrected chi connectivity index (χ4v) is 2.58. The van der Waals surface area contributed by atoms with Gasteiger partial charge in [0.05, 0.1) is 0 Å². The first-order valence-electron chi connectivity index (χ1n) is 8.27. The molecule has 0 radical (unpaired) electrons. The number of hydrogen-bond donors (Lipinski definition) is 0. The summed E-state index contributed by atoms with van der Waals surface area (Å²) in [5.74, 6) is 1.39. The molecule has 0 saturated carbocycles. The minimum atomic E-state index is -0.290. The van der Waals surface area contributed by atoms with Crippen molar-refractivity contribution in [2.24, 2.45) is 11.8 Å². The molecule has 118 valence electrons. The molecule has 2 heteroatoms. The molecule has 1 aromatic carbocycles. The molecule has 0 N–H and O–H groups in total. The van der Waals surface area contributed by atoms with Crippen LogP contribution >= 0.6 is 0 Å². The van der Waals surface area contributed by atoms with Crippen molar-refractivity contribution in [1.82, 2.24) is 0 Å². The first-order chi connectivity index (χ1) is 9.99. The van der Waals surface area contributed by atoms with Gasteiger partial charge in [0.2, 0.25) is 0 Å². The molecule has 1 aromatic rings. The van der Waals surface area contributed by atoms with E-state index >= 15 is 0 Å². The molecule has 0 spiro atoms. The number of carbonyl (C=O) groups is 1. The maximum atomic E-state index is 12.8. The van der Waals surface area contributed by atoms with Gasteiger partial charge in [-0.2, -0.15) is 0 Å². The van der Waals surface area contributed by atoms with Crippen molar-refractivity contribution in [3.63, 3.8) is 0 Å². The van der Waals surface area contributed by atoms with Gasteiger partial charge in [0.15, 0.2) is 5.78 Å². The Labute approximate surface area is 129 Å². The second kappa shape index (κ2) is 9.70. The van der Waals surface area contributed by atoms with E-state index in [1.54, 1.807) is 12.1 Å². The zero-order chi connectivity index (χ0) is 15.7. The summed E-state index contributed by atoms with van der Waals surface area (Å²) in [6.07, 6.45) is 7.74. The monoisotopic (exact) mass is 292 g/mol. The van der Waals surface area contributed by atoms with Crippen molar-refractivity contribution in [2.75, 3.05) is 0 Å². The van der Waals surface area contributed by atoms with Crippen LogP contribution in [-0.4, -0.2) is 5.78 Å². The lowest BCUT2D eigenvalue weighted by Crippen LogP contribution is -2.01. The lowest BCUT2D eigenvalue weighted by Gasteiger charge is -2.12. The van der Waals surface area contributed by atoms with Gasteiger partial charge in [-0.15, -0.1) is 0 Å². The van der Waals surface area contributed by atoms with E-state index in [-0.39, 0.29) is 11.6 Å². The largest absolute Gasteiger partial charge is 0.294 e. The molecule has 21 heavy (non-hydrogen) atoms. The summed E-state index contributed by atoms with van der Waals surface area (Å²) >= 11 is 0. The van der Waals surface area contributed by atoms with Crippen LogP contribution in [0.15, 0.2) is 24.3 Å². The minimum absolute atomic E-state index is 0.127. The summed E-state index contributed by atoms with van der Waals surface area (Å²) in [6, 6.07) is 5.85. The van der Waals surface area contributed by atoms with Crippen LogP contribution in [0, 0.1) is 17.7 Å². The van der Waals surface area contributed by atoms with Gasteiger partial charge in [0, 0.05) is 12.0 Å². The number of rotatable bonds is 10. The van der Waals surface area contributed by atoms with Crippen molar-refractivity contribution in [1.29, 1.82) is 0 Å². The van der Waals surface area contributed by atoms with Gasteiger partial charge in [-0.3, -0.25) is 4.79 Å². The smallest absolute Gasteiger partial charge is 0.162 e. The number of carbonyl (C=O) groups excluding carboxylic acids is 1. The maximum Gasteiger partial charge on any atom is 0.162 e. The average molecular weight is 292 g/mol. The number of halogens is 1. The van der Waals surface area contributed by atoms with E-state index in [4.69, 9.17) is 0 Å². The first kappa shape index (κ1) is 17.9. The van der Waals surface area contributed by atoms with Gasteiger partial charge in [-0.05, 0) is 42.5 Å². The minimum Gasteiger partial charge on any atom is -0.294 e. The molecule has 1 rings (SSSR count). The lowest BCUT2D eigenvalue weighted by molar-refractivity contribution is 0.0978. The molecule has 1 nitrogen and oxygen atoms in total. The molecule has 0 aliphatic carbocycles. The van der Waals surface area contributed by atoms with Gasteiger partial charge in [-0.1, -0.05) is 52.9 Å². The fraction of sp³-hybridized carbons (Fsp3) is 0.632. The Morgan fingerprint density at radius 1 is 0.952 bits per heavy atom. The molecule has 0 bridgehead atoms. The van der Waals surface area contributed by atoms with E-state index in [0.717, 1.165) is 24.7 Å². The number of Topliss-reactive ketones (excluding diaryl/α,β-unsaturated/α-hetero) is 1. The van der Waals surface area contributed by atoms with Crippen LogP contribution in [0.5, 0.6) is 0 Å². The van der Waals surface area contributed by atoms with Crippen LogP contribution in [0.4, 0.5) is 4.39 Å². The van der Waals surface area contributed by atoms with E-state index in [1.807, 2.05) is 0 Å². The standard InChI is InChI=1S/C19H29FO/c1-15(2)7-6-9-16(3)8-4-5-10-19(21)17-11-13-18(20)14-12-17/h11-16H,4-10H2,1-3H3. The number of unbranched alkanes of at least 4 members (excludes halogenated alkanes) is 1. The van der Waals surface area contributed by atoms with Crippen molar-refractivity contribution < 1.29 is 9.18 Å². The Bertz CT molecular complexity index is 408. The maximum absolute atomic E-state index is 12.8. The second-order valence-corrected chi connectivity index (χ2v) is 6.61. The van der Waals surface area contributed by atoms with Crippen LogP contribution in [-0.2, 0) is 0 Å². The molecule has 0 aliphatic heterocycles. The van der Waals surface area contributed by atoms with Crippen LogP contribution < -0.4 is 0 Å². The number of hydrogen-bond acceptors (Lipinski definition) is 1. The highest BCUT2D eigenvalue weighted by atomic mass is 19.1. The van der Waals surface area contributed by atoms with E-state index in [9.17, 15) is 9.18 Å². The molecule has 1 atom stereocenters. The summed E-state index contributed by atoms with van der Waals surface area (Å²) < 4.78 is 12.8. The third-order valence-electron chi connectivity index (χ3n) is 4.00. The molecular formula is C19H29FO. The van der Waals surface area contributed by atoms with Crippen LogP contribution in [0.3, 0.4) is 0 Å². The Balaban J connectivity index is 2.13. The third-order valence-corrected chi connectivity index (χ3v) is 4.00. The molecule has 1 unspecified atom stereocenters. The molecule has 0 aliphatic rings. The average Bonchev–Trinajstić information content (AvgIpc) is 2.43. The van der Waals surface area contributed by atoms with Crippen molar-refractivity contribution in [3.8, 4) is 0 Å². The third kappa shape index (κ3) is 7.99. The zero-order valence-corrected chi connectivity index (χ0v) is 13.7. The highest BCUT2D eigenvalue weighted by Crippen LogP contribution is 2.18. The predicted molar refractivity (Wildman–Crippen MR) is 87.1 cm³/mol. The van der Waals surface area contributed by atoms with Gasteiger partial charge in [-0.25, -0.2) is 4.39 Å². The molecule has 0 aromatic heterocycles. The van der Waals surface area contributed by atoms with Crippen LogP contribution in [0.25, 0.3) is 0 Å². The van der Waals surface area contributed by atoms with Crippen molar-refractivity contribution in [2.45, 2.75) is 65.7 Å². The SMILES string of the molecule is CC(C)CCCC(C)CCCCC(=O)c1ccc(F)cc1. The van der Waals surface area contributed by atoms with Crippen LogP contribution in [0.1, 0.15) is 76.1 Å². The fourth-order valence-electron chi connectivity index (χ4n) is 2.58. The van der Waals surface area contributed by atoms with E-state index in [0.29, 0.717) is 12.0 Å². The highest BCUT2D eigenvalue weighted by molar-refractivity contribution is 5.95. The van der Waals surface area contributed by atoms with Crippen molar-refractivity contribution in [3.05, 3.63) is 35.6 Å². The number of ketones is 1. The molecule has 0 fully saturated rings.